The Hall–Kier alpha value is -1.26. The summed E-state index contributed by atoms with van der Waals surface area (Å²) < 4.78 is 10.4. The Balaban J connectivity index is 2.43. The maximum absolute atomic E-state index is 5.72. The van der Waals surface area contributed by atoms with Crippen LogP contribution in [0.2, 0.25) is 0 Å². The van der Waals surface area contributed by atoms with Crippen LogP contribution in [0, 0.1) is 0 Å². The molecule has 0 unspecified atom stereocenters. The summed E-state index contributed by atoms with van der Waals surface area (Å²) in [5.74, 6) is 7.25. The van der Waals surface area contributed by atoms with Crippen molar-refractivity contribution in [2.75, 3.05) is 14.2 Å². The van der Waals surface area contributed by atoms with Crippen LogP contribution in [0.4, 0.5) is 0 Å². The van der Waals surface area contributed by atoms with Gasteiger partial charge < -0.3 is 9.47 Å². The van der Waals surface area contributed by atoms with E-state index in [1.807, 2.05) is 12.1 Å². The Morgan fingerprint density at radius 2 is 1.50 bits per heavy atom. The van der Waals surface area contributed by atoms with Gasteiger partial charge in [-0.15, -0.1) is 0 Å². The summed E-state index contributed by atoms with van der Waals surface area (Å²) in [5, 5.41) is 1.77. The summed E-state index contributed by atoms with van der Waals surface area (Å²) in [4.78, 5) is 0. The molecule has 0 radical (unpaired) electrons. The van der Waals surface area contributed by atoms with E-state index in [0.29, 0.717) is 0 Å². The van der Waals surface area contributed by atoms with Gasteiger partial charge in [0.1, 0.15) is 0 Å². The average Bonchev–Trinajstić information content (AvgIpc) is 2.54. The number of ether oxygens (including phenoxy) is 2. The van der Waals surface area contributed by atoms with Gasteiger partial charge in [0.05, 0.1) is 14.2 Å². The molecule has 0 atom stereocenters. The predicted octanol–water partition coefficient (Wildman–Crippen LogP) is 0.893. The zero-order chi connectivity index (χ0) is 10.1. The average molecular weight is 194 g/mol. The van der Waals surface area contributed by atoms with E-state index in [4.69, 9.17) is 15.3 Å². The summed E-state index contributed by atoms with van der Waals surface area (Å²) >= 11 is 0. The second-order valence-corrected chi connectivity index (χ2v) is 3.38. The molecule has 0 aliphatic carbocycles. The normalized spacial score (nSPS) is 15.4. The van der Waals surface area contributed by atoms with Gasteiger partial charge in [-0.3, -0.25) is 5.84 Å². The first kappa shape index (κ1) is 9.30. The Morgan fingerprint density at radius 1 is 1.07 bits per heavy atom. The molecule has 0 aromatic heterocycles. The summed E-state index contributed by atoms with van der Waals surface area (Å²) in [6, 6.07) is 3.97. The van der Waals surface area contributed by atoms with E-state index >= 15 is 0 Å². The fourth-order valence-corrected chi connectivity index (χ4v) is 1.75. The molecule has 2 N–H and O–H groups in total. The van der Waals surface area contributed by atoms with E-state index in [1.165, 1.54) is 11.1 Å². The van der Waals surface area contributed by atoms with Crippen molar-refractivity contribution >= 4 is 0 Å². The van der Waals surface area contributed by atoms with E-state index < -0.39 is 0 Å². The zero-order valence-corrected chi connectivity index (χ0v) is 8.41. The molecule has 0 saturated carbocycles. The highest BCUT2D eigenvalue weighted by molar-refractivity contribution is 5.48. The molecule has 0 amide bonds. The van der Waals surface area contributed by atoms with E-state index in [-0.39, 0.29) is 0 Å². The van der Waals surface area contributed by atoms with Crippen molar-refractivity contribution in [1.29, 1.82) is 0 Å². The lowest BCUT2D eigenvalue weighted by Gasteiger charge is -2.09. The van der Waals surface area contributed by atoms with E-state index in [0.717, 1.165) is 24.6 Å². The number of methoxy groups -OCH3 is 2. The number of nitrogens with two attached hydrogens (primary N) is 1. The molecule has 76 valence electrons. The molecule has 1 aliphatic heterocycles. The van der Waals surface area contributed by atoms with Crippen LogP contribution in [-0.4, -0.2) is 19.2 Å². The summed E-state index contributed by atoms with van der Waals surface area (Å²) in [7, 11) is 3.28. The van der Waals surface area contributed by atoms with Gasteiger partial charge >= 0.3 is 0 Å². The van der Waals surface area contributed by atoms with Crippen molar-refractivity contribution in [1.82, 2.24) is 5.01 Å². The minimum Gasteiger partial charge on any atom is -0.493 e. The Morgan fingerprint density at radius 3 is 1.86 bits per heavy atom. The monoisotopic (exact) mass is 194 g/mol. The second-order valence-electron chi connectivity index (χ2n) is 3.38. The van der Waals surface area contributed by atoms with Crippen LogP contribution in [-0.2, 0) is 13.1 Å². The number of hydrazine groups is 1. The van der Waals surface area contributed by atoms with Crippen molar-refractivity contribution in [3.8, 4) is 11.5 Å². The van der Waals surface area contributed by atoms with Crippen molar-refractivity contribution in [3.63, 3.8) is 0 Å². The van der Waals surface area contributed by atoms with Gasteiger partial charge in [-0.2, -0.15) is 0 Å². The van der Waals surface area contributed by atoms with E-state index in [9.17, 15) is 0 Å². The number of fused-ring (bicyclic) bond motifs is 1. The van der Waals surface area contributed by atoms with Crippen LogP contribution in [0.1, 0.15) is 11.1 Å². The van der Waals surface area contributed by atoms with Gasteiger partial charge in [0.15, 0.2) is 11.5 Å². The highest BCUT2D eigenvalue weighted by Gasteiger charge is 2.19. The fraction of sp³-hybridized carbons (Fsp3) is 0.400. The molecule has 0 saturated heterocycles. The third-order valence-electron chi connectivity index (χ3n) is 2.45. The highest BCUT2D eigenvalue weighted by Crippen LogP contribution is 2.33. The van der Waals surface area contributed by atoms with Crippen LogP contribution >= 0.6 is 0 Å². The highest BCUT2D eigenvalue weighted by atomic mass is 16.5. The van der Waals surface area contributed by atoms with Crippen LogP contribution in [0.25, 0.3) is 0 Å². The molecule has 1 heterocycles. The smallest absolute Gasteiger partial charge is 0.161 e. The number of hydrogen-bond donors (Lipinski definition) is 1. The summed E-state index contributed by atoms with van der Waals surface area (Å²) in [6.07, 6.45) is 0. The minimum absolute atomic E-state index is 0.765. The molecular weight excluding hydrogens is 180 g/mol. The van der Waals surface area contributed by atoms with E-state index in [1.54, 1.807) is 19.2 Å². The lowest BCUT2D eigenvalue weighted by molar-refractivity contribution is 0.295. The first-order valence-corrected chi connectivity index (χ1v) is 4.48. The molecule has 4 heteroatoms. The molecule has 1 aliphatic rings. The molecule has 0 fully saturated rings. The largest absolute Gasteiger partial charge is 0.493 e. The van der Waals surface area contributed by atoms with Crippen molar-refractivity contribution in [2.45, 2.75) is 13.1 Å². The number of rotatable bonds is 2. The van der Waals surface area contributed by atoms with Gasteiger partial charge in [0.25, 0.3) is 0 Å². The molecule has 2 rings (SSSR count). The quantitative estimate of drug-likeness (QED) is 0.710. The van der Waals surface area contributed by atoms with Crippen molar-refractivity contribution < 1.29 is 9.47 Å². The lowest BCUT2D eigenvalue weighted by Crippen LogP contribution is -2.23. The summed E-state index contributed by atoms with van der Waals surface area (Å²) in [5.41, 5.74) is 2.43. The Bertz CT molecular complexity index is 319. The number of nitrogens with zero attached hydrogens (tertiary/aromatic N) is 1. The third kappa shape index (κ3) is 1.42. The SMILES string of the molecule is COc1cc2c(cc1OC)CN(N)C2. The molecule has 4 nitrogen and oxygen atoms in total. The number of benzene rings is 1. The van der Waals surface area contributed by atoms with Gasteiger partial charge in [-0.1, -0.05) is 0 Å². The lowest BCUT2D eigenvalue weighted by atomic mass is 10.1. The Kier molecular flexibility index (Phi) is 2.31. The van der Waals surface area contributed by atoms with Crippen LogP contribution in [0.3, 0.4) is 0 Å². The van der Waals surface area contributed by atoms with Crippen LogP contribution in [0.15, 0.2) is 12.1 Å². The van der Waals surface area contributed by atoms with Gasteiger partial charge in [-0.25, -0.2) is 5.01 Å². The molecular formula is C10H14N2O2. The topological polar surface area (TPSA) is 47.7 Å². The zero-order valence-electron chi connectivity index (χ0n) is 8.41. The molecule has 0 bridgehead atoms. The van der Waals surface area contributed by atoms with Gasteiger partial charge in [-0.05, 0) is 23.3 Å². The maximum Gasteiger partial charge on any atom is 0.161 e. The standard InChI is InChI=1S/C10H14N2O2/c1-13-9-3-7-5-12(11)6-8(7)4-10(9)14-2/h3-4H,5-6,11H2,1-2H3. The minimum atomic E-state index is 0.765. The Labute approximate surface area is 83.2 Å². The van der Waals surface area contributed by atoms with Crippen LogP contribution < -0.4 is 15.3 Å². The first-order valence-electron chi connectivity index (χ1n) is 4.48. The van der Waals surface area contributed by atoms with Gasteiger partial charge in [0, 0.05) is 13.1 Å². The first-order chi connectivity index (χ1) is 6.74. The van der Waals surface area contributed by atoms with Crippen LogP contribution in [0.5, 0.6) is 11.5 Å². The predicted molar refractivity (Wildman–Crippen MR) is 53.0 cm³/mol. The molecule has 1 aromatic rings. The third-order valence-corrected chi connectivity index (χ3v) is 2.45. The van der Waals surface area contributed by atoms with E-state index in [2.05, 4.69) is 0 Å². The second kappa shape index (κ2) is 3.48. The maximum atomic E-state index is 5.72. The molecule has 1 aromatic carbocycles. The summed E-state index contributed by atoms with van der Waals surface area (Å²) in [6.45, 7) is 1.55. The van der Waals surface area contributed by atoms with Crippen molar-refractivity contribution in [3.05, 3.63) is 23.3 Å². The fourth-order valence-electron chi connectivity index (χ4n) is 1.75. The molecule has 0 spiro atoms. The molecule has 14 heavy (non-hydrogen) atoms. The number of hydrogen-bond acceptors (Lipinski definition) is 4. The van der Waals surface area contributed by atoms with Gasteiger partial charge in [0.2, 0.25) is 0 Å². The van der Waals surface area contributed by atoms with Crippen molar-refractivity contribution in [2.24, 2.45) is 5.84 Å².